The maximum absolute atomic E-state index is 6.01. The summed E-state index contributed by atoms with van der Waals surface area (Å²) in [5.74, 6) is 2.96. The van der Waals surface area contributed by atoms with Crippen LogP contribution in [0.1, 0.15) is 24.0 Å². The third-order valence-corrected chi connectivity index (χ3v) is 4.87. The summed E-state index contributed by atoms with van der Waals surface area (Å²) < 4.78 is 23.2. The van der Waals surface area contributed by atoms with Crippen molar-refractivity contribution in [1.82, 2.24) is 5.32 Å². The van der Waals surface area contributed by atoms with Gasteiger partial charge in [-0.1, -0.05) is 6.07 Å². The van der Waals surface area contributed by atoms with Crippen LogP contribution >= 0.6 is 28.3 Å². The Kier molecular flexibility index (Phi) is 6.16. The predicted molar refractivity (Wildman–Crippen MR) is 105 cm³/mol. The molecule has 7 heteroatoms. The largest absolute Gasteiger partial charge is 0.493 e. The van der Waals surface area contributed by atoms with Crippen LogP contribution in [0.25, 0.3) is 0 Å². The number of rotatable bonds is 7. The Hall–Kier alpha value is -1.63. The van der Waals surface area contributed by atoms with Crippen molar-refractivity contribution >= 4 is 28.3 Å². The Morgan fingerprint density at radius 3 is 2.69 bits per heavy atom. The van der Waals surface area contributed by atoms with E-state index in [9.17, 15) is 0 Å². The number of ether oxygens (including phenoxy) is 4. The van der Waals surface area contributed by atoms with Crippen molar-refractivity contribution in [2.75, 3.05) is 13.9 Å². The van der Waals surface area contributed by atoms with Crippen LogP contribution in [0.3, 0.4) is 0 Å². The van der Waals surface area contributed by atoms with Gasteiger partial charge in [0.05, 0.1) is 11.6 Å². The van der Waals surface area contributed by atoms with Gasteiger partial charge >= 0.3 is 0 Å². The second kappa shape index (κ2) is 8.37. The summed E-state index contributed by atoms with van der Waals surface area (Å²) in [6.45, 7) is 1.53. The molecule has 4 rings (SSSR count). The molecule has 5 nitrogen and oxygen atoms in total. The molecule has 1 saturated carbocycles. The SMILES string of the molecule is COc1cc(CNC2CC2)cc(Br)c1OCc1ccc2c(c1)OCO2.Cl. The molecule has 0 spiro atoms. The maximum Gasteiger partial charge on any atom is 0.231 e. The first-order valence-corrected chi connectivity index (χ1v) is 9.13. The van der Waals surface area contributed by atoms with Gasteiger partial charge in [0, 0.05) is 12.6 Å². The molecule has 2 aromatic rings. The monoisotopic (exact) mass is 441 g/mol. The van der Waals surface area contributed by atoms with E-state index in [0.717, 1.165) is 33.8 Å². The topological polar surface area (TPSA) is 49.0 Å². The van der Waals surface area contributed by atoms with Gasteiger partial charge in [-0.05, 0) is 64.2 Å². The van der Waals surface area contributed by atoms with E-state index in [-0.39, 0.29) is 19.2 Å². The molecule has 140 valence electrons. The fourth-order valence-corrected chi connectivity index (χ4v) is 3.36. The molecule has 0 amide bonds. The third kappa shape index (κ3) is 4.37. The van der Waals surface area contributed by atoms with Crippen LogP contribution in [0.2, 0.25) is 0 Å². The molecular formula is C19H21BrClNO4. The van der Waals surface area contributed by atoms with Crippen molar-refractivity contribution in [2.45, 2.75) is 32.0 Å². The van der Waals surface area contributed by atoms with Crippen LogP contribution in [0.4, 0.5) is 0 Å². The minimum Gasteiger partial charge on any atom is -0.493 e. The van der Waals surface area contributed by atoms with Crippen LogP contribution < -0.4 is 24.3 Å². The van der Waals surface area contributed by atoms with Gasteiger partial charge < -0.3 is 24.3 Å². The molecule has 1 aliphatic carbocycles. The fourth-order valence-electron chi connectivity index (χ4n) is 2.75. The highest BCUT2D eigenvalue weighted by molar-refractivity contribution is 9.10. The van der Waals surface area contributed by atoms with Crippen molar-refractivity contribution < 1.29 is 18.9 Å². The Balaban J connectivity index is 0.00000196. The van der Waals surface area contributed by atoms with Crippen molar-refractivity contribution in [2.24, 2.45) is 0 Å². The lowest BCUT2D eigenvalue weighted by Gasteiger charge is -2.15. The molecule has 1 heterocycles. The quantitative estimate of drug-likeness (QED) is 0.687. The molecule has 1 aliphatic heterocycles. The highest BCUT2D eigenvalue weighted by atomic mass is 79.9. The normalized spacial score (nSPS) is 14.7. The van der Waals surface area contributed by atoms with E-state index in [2.05, 4.69) is 27.3 Å². The molecule has 2 aliphatic rings. The second-order valence-corrected chi connectivity index (χ2v) is 7.09. The number of halogens is 2. The van der Waals surface area contributed by atoms with E-state index >= 15 is 0 Å². The van der Waals surface area contributed by atoms with Crippen molar-refractivity contribution in [3.8, 4) is 23.0 Å². The van der Waals surface area contributed by atoms with Crippen LogP contribution in [0, 0.1) is 0 Å². The zero-order valence-electron chi connectivity index (χ0n) is 14.4. The maximum atomic E-state index is 6.01. The van der Waals surface area contributed by atoms with Gasteiger partial charge in [0.2, 0.25) is 6.79 Å². The summed E-state index contributed by atoms with van der Waals surface area (Å²) >= 11 is 3.61. The lowest BCUT2D eigenvalue weighted by molar-refractivity contribution is 0.174. The van der Waals surface area contributed by atoms with Crippen LogP contribution in [0.15, 0.2) is 34.8 Å². The lowest BCUT2D eigenvalue weighted by atomic mass is 10.2. The summed E-state index contributed by atoms with van der Waals surface area (Å²) in [4.78, 5) is 0. The third-order valence-electron chi connectivity index (χ3n) is 4.28. The first-order chi connectivity index (χ1) is 12.2. The van der Waals surface area contributed by atoms with Gasteiger partial charge in [-0.2, -0.15) is 0 Å². The van der Waals surface area contributed by atoms with E-state index < -0.39 is 0 Å². The standard InChI is InChI=1S/C19H20BrNO4.ClH/c1-22-18-8-13(9-21-14-3-4-14)6-15(20)19(18)23-10-12-2-5-16-17(7-12)25-11-24-16;/h2,5-8,14,21H,3-4,9-11H2,1H3;1H. The van der Waals surface area contributed by atoms with E-state index in [1.165, 1.54) is 18.4 Å². The average molecular weight is 443 g/mol. The van der Waals surface area contributed by atoms with Crippen LogP contribution in [-0.2, 0) is 13.2 Å². The van der Waals surface area contributed by atoms with E-state index in [4.69, 9.17) is 18.9 Å². The molecule has 2 aromatic carbocycles. The minimum absolute atomic E-state index is 0. The van der Waals surface area contributed by atoms with Gasteiger partial charge in [0.15, 0.2) is 23.0 Å². The molecule has 0 radical (unpaired) electrons. The molecule has 0 atom stereocenters. The van der Waals surface area contributed by atoms with E-state index in [1.54, 1.807) is 7.11 Å². The van der Waals surface area contributed by atoms with Crippen LogP contribution in [0.5, 0.6) is 23.0 Å². The molecule has 1 fully saturated rings. The smallest absolute Gasteiger partial charge is 0.231 e. The Bertz CT molecular complexity index is 782. The van der Waals surface area contributed by atoms with Gasteiger partial charge in [-0.25, -0.2) is 0 Å². The summed E-state index contributed by atoms with van der Waals surface area (Å²) in [5.41, 5.74) is 2.18. The van der Waals surface area contributed by atoms with Gasteiger partial charge in [0.1, 0.15) is 6.61 Å². The fraction of sp³-hybridized carbons (Fsp3) is 0.368. The molecule has 0 aromatic heterocycles. The Labute approximate surface area is 167 Å². The van der Waals surface area contributed by atoms with Crippen molar-refractivity contribution in [3.05, 3.63) is 45.9 Å². The summed E-state index contributed by atoms with van der Waals surface area (Å²) in [6.07, 6.45) is 2.55. The van der Waals surface area contributed by atoms with E-state index in [0.29, 0.717) is 18.4 Å². The summed E-state index contributed by atoms with van der Waals surface area (Å²) in [7, 11) is 1.66. The van der Waals surface area contributed by atoms with Crippen molar-refractivity contribution in [1.29, 1.82) is 0 Å². The summed E-state index contributed by atoms with van der Waals surface area (Å²) in [5, 5.41) is 3.51. The first kappa shape index (κ1) is 19.1. The average Bonchev–Trinajstić information content (AvgIpc) is 3.34. The number of benzene rings is 2. The number of methoxy groups -OCH3 is 1. The lowest BCUT2D eigenvalue weighted by Crippen LogP contribution is -2.15. The number of nitrogens with one attached hydrogen (secondary N) is 1. The number of hydrogen-bond donors (Lipinski definition) is 1. The van der Waals surface area contributed by atoms with Crippen molar-refractivity contribution in [3.63, 3.8) is 0 Å². The highest BCUT2D eigenvalue weighted by Gasteiger charge is 2.21. The minimum atomic E-state index is 0. The zero-order valence-corrected chi connectivity index (χ0v) is 16.8. The highest BCUT2D eigenvalue weighted by Crippen LogP contribution is 2.38. The Morgan fingerprint density at radius 2 is 1.92 bits per heavy atom. The Morgan fingerprint density at radius 1 is 1.12 bits per heavy atom. The first-order valence-electron chi connectivity index (χ1n) is 8.34. The van der Waals surface area contributed by atoms with E-state index in [1.807, 2.05) is 24.3 Å². The molecule has 0 saturated heterocycles. The molecule has 0 bridgehead atoms. The zero-order chi connectivity index (χ0) is 17.2. The second-order valence-electron chi connectivity index (χ2n) is 6.24. The predicted octanol–water partition coefficient (Wildman–Crippen LogP) is 4.44. The van der Waals surface area contributed by atoms with Gasteiger partial charge in [0.25, 0.3) is 0 Å². The molecule has 0 unspecified atom stereocenters. The van der Waals surface area contributed by atoms with Gasteiger partial charge in [-0.15, -0.1) is 12.4 Å². The number of fused-ring (bicyclic) bond motifs is 1. The number of hydrogen-bond acceptors (Lipinski definition) is 5. The summed E-state index contributed by atoms with van der Waals surface area (Å²) in [6, 6.07) is 10.6. The van der Waals surface area contributed by atoms with Gasteiger partial charge in [-0.3, -0.25) is 0 Å². The molecule has 26 heavy (non-hydrogen) atoms. The van der Waals surface area contributed by atoms with Crippen LogP contribution in [-0.4, -0.2) is 19.9 Å². The molecule has 1 N–H and O–H groups in total. The molecular weight excluding hydrogens is 422 g/mol.